The van der Waals surface area contributed by atoms with E-state index < -0.39 is 49.5 Å². The van der Waals surface area contributed by atoms with Gasteiger partial charge in [0.05, 0.1) is 25.4 Å². The lowest BCUT2D eigenvalue weighted by molar-refractivity contribution is -0.302. The zero-order chi connectivity index (χ0) is 40.9. The van der Waals surface area contributed by atoms with Crippen LogP contribution in [0.4, 0.5) is 0 Å². The number of aliphatic hydroxyl groups excluding tert-OH is 5. The Morgan fingerprint density at radius 2 is 1.00 bits per heavy atom. The first kappa shape index (κ1) is 52.7. The minimum Gasteiger partial charge on any atom is -0.394 e. The summed E-state index contributed by atoms with van der Waals surface area (Å²) >= 11 is 0. The maximum Gasteiger partial charge on any atom is 0.220 e. The lowest BCUT2D eigenvalue weighted by Crippen LogP contribution is -2.60. The van der Waals surface area contributed by atoms with Gasteiger partial charge < -0.3 is 40.3 Å². The highest BCUT2D eigenvalue weighted by Gasteiger charge is 2.44. The molecule has 1 heterocycles. The molecule has 0 saturated carbocycles. The Morgan fingerprint density at radius 1 is 0.589 bits per heavy atom. The first-order valence-electron chi connectivity index (χ1n) is 23.6. The molecule has 1 fully saturated rings. The Labute approximate surface area is 343 Å². The molecule has 0 aromatic heterocycles. The van der Waals surface area contributed by atoms with Crippen LogP contribution in [0.15, 0.2) is 24.3 Å². The second kappa shape index (κ2) is 37.9. The molecule has 1 aliphatic rings. The van der Waals surface area contributed by atoms with Crippen molar-refractivity contribution in [1.82, 2.24) is 5.32 Å². The summed E-state index contributed by atoms with van der Waals surface area (Å²) in [6, 6.07) is -0.803. The van der Waals surface area contributed by atoms with E-state index >= 15 is 0 Å². The number of hydrogen-bond acceptors (Lipinski definition) is 8. The molecule has 9 heteroatoms. The summed E-state index contributed by atoms with van der Waals surface area (Å²) in [4.78, 5) is 13.0. The fourth-order valence-electron chi connectivity index (χ4n) is 7.44. The number of allylic oxidation sites excluding steroid dienone is 3. The Hall–Kier alpha value is -1.33. The van der Waals surface area contributed by atoms with Crippen molar-refractivity contribution in [3.63, 3.8) is 0 Å². The topological polar surface area (TPSA) is 149 Å². The summed E-state index contributed by atoms with van der Waals surface area (Å²) in [5.74, 6) is -0.181. The van der Waals surface area contributed by atoms with Crippen LogP contribution in [0.25, 0.3) is 0 Å². The predicted molar refractivity (Wildman–Crippen MR) is 230 cm³/mol. The molecule has 330 valence electrons. The van der Waals surface area contributed by atoms with E-state index in [1.165, 1.54) is 148 Å². The van der Waals surface area contributed by atoms with Crippen molar-refractivity contribution in [2.24, 2.45) is 0 Å². The van der Waals surface area contributed by atoms with Crippen molar-refractivity contribution in [3.8, 4) is 0 Å². The van der Waals surface area contributed by atoms with E-state index in [-0.39, 0.29) is 12.5 Å². The quantitative estimate of drug-likeness (QED) is 0.0266. The van der Waals surface area contributed by atoms with Gasteiger partial charge in [0, 0.05) is 6.42 Å². The first-order valence-corrected chi connectivity index (χ1v) is 23.6. The highest BCUT2D eigenvalue weighted by atomic mass is 16.7. The highest BCUT2D eigenvalue weighted by Crippen LogP contribution is 2.23. The molecule has 0 radical (unpaired) electrons. The maximum atomic E-state index is 13.0. The molecule has 0 aliphatic carbocycles. The number of carbonyl (C=O) groups is 1. The molecule has 7 atom stereocenters. The van der Waals surface area contributed by atoms with E-state index in [1.54, 1.807) is 6.08 Å². The third-order valence-corrected chi connectivity index (χ3v) is 11.3. The number of amides is 1. The van der Waals surface area contributed by atoms with Crippen molar-refractivity contribution in [3.05, 3.63) is 24.3 Å². The van der Waals surface area contributed by atoms with Crippen molar-refractivity contribution >= 4 is 5.91 Å². The van der Waals surface area contributed by atoms with Crippen molar-refractivity contribution in [2.75, 3.05) is 13.2 Å². The number of unbranched alkanes of at least 4 members (excludes halogenated alkanes) is 27. The molecule has 0 bridgehead atoms. The number of rotatable bonds is 39. The molecule has 9 nitrogen and oxygen atoms in total. The lowest BCUT2D eigenvalue weighted by Gasteiger charge is -2.40. The molecular weight excluding hydrogens is 707 g/mol. The number of nitrogens with one attached hydrogen (secondary N) is 1. The second-order valence-electron chi connectivity index (χ2n) is 16.5. The Morgan fingerprint density at radius 3 is 1.45 bits per heavy atom. The van der Waals surface area contributed by atoms with Crippen molar-refractivity contribution < 1.29 is 39.8 Å². The van der Waals surface area contributed by atoms with Crippen LogP contribution in [0.3, 0.4) is 0 Å². The minimum absolute atomic E-state index is 0.181. The van der Waals surface area contributed by atoms with E-state index in [0.29, 0.717) is 6.42 Å². The Bertz CT molecular complexity index is 930. The van der Waals surface area contributed by atoms with Crippen LogP contribution in [0.1, 0.15) is 213 Å². The van der Waals surface area contributed by atoms with Gasteiger partial charge in [-0.3, -0.25) is 4.79 Å². The van der Waals surface area contributed by atoms with Gasteiger partial charge in [-0.05, 0) is 44.9 Å². The van der Waals surface area contributed by atoms with Crippen LogP contribution in [0, 0.1) is 0 Å². The monoisotopic (exact) mass is 796 g/mol. The van der Waals surface area contributed by atoms with Gasteiger partial charge in [-0.1, -0.05) is 186 Å². The number of aliphatic hydroxyl groups is 5. The molecule has 6 N–H and O–H groups in total. The van der Waals surface area contributed by atoms with E-state index in [4.69, 9.17) is 9.47 Å². The molecule has 2 unspecified atom stereocenters. The zero-order valence-corrected chi connectivity index (χ0v) is 36.1. The van der Waals surface area contributed by atoms with Gasteiger partial charge in [-0.2, -0.15) is 0 Å². The molecular formula is C47H89NO8. The summed E-state index contributed by atoms with van der Waals surface area (Å²) in [6.45, 7) is 3.77. The smallest absolute Gasteiger partial charge is 0.220 e. The van der Waals surface area contributed by atoms with Gasteiger partial charge in [0.1, 0.15) is 24.4 Å². The summed E-state index contributed by atoms with van der Waals surface area (Å²) in [6.07, 6.45) is 37.8. The standard InChI is InChI=1S/C47H89NO8/c1-3-5-7-9-11-13-15-17-19-21-23-25-27-29-31-33-35-37-43(51)48-40(39-55-47-46(54)45(53)44(52)42(38-49)56-47)41(50)36-34-32-30-28-26-24-22-20-18-16-14-12-10-8-6-4-2/h17,19,34,36,40-42,44-47,49-50,52-54H,3-16,18,20-33,35,37-39H2,1-2H3,(H,48,51)/b19-17+,36-34+/t40-,41+,42-,44-,45?,46?,47-/m0/s1. The largest absolute Gasteiger partial charge is 0.394 e. The van der Waals surface area contributed by atoms with E-state index in [2.05, 4.69) is 31.3 Å². The average molecular weight is 796 g/mol. The minimum atomic E-state index is -1.56. The van der Waals surface area contributed by atoms with Crippen LogP contribution in [0.2, 0.25) is 0 Å². The summed E-state index contributed by atoms with van der Waals surface area (Å²) in [7, 11) is 0. The van der Waals surface area contributed by atoms with Crippen molar-refractivity contribution in [2.45, 2.75) is 256 Å². The fourth-order valence-corrected chi connectivity index (χ4v) is 7.44. The van der Waals surface area contributed by atoms with Gasteiger partial charge in [0.2, 0.25) is 5.91 Å². The molecule has 0 aromatic carbocycles. The zero-order valence-electron chi connectivity index (χ0n) is 36.1. The molecule has 0 spiro atoms. The van der Waals surface area contributed by atoms with Crippen LogP contribution in [-0.4, -0.2) is 87.5 Å². The summed E-state index contributed by atoms with van der Waals surface area (Å²) < 4.78 is 11.2. The van der Waals surface area contributed by atoms with E-state index in [9.17, 15) is 30.3 Å². The summed E-state index contributed by atoms with van der Waals surface area (Å²) in [5.41, 5.74) is 0. The van der Waals surface area contributed by atoms with Gasteiger partial charge in [-0.15, -0.1) is 0 Å². The van der Waals surface area contributed by atoms with Crippen LogP contribution < -0.4 is 5.32 Å². The van der Waals surface area contributed by atoms with Gasteiger partial charge in [0.15, 0.2) is 6.29 Å². The highest BCUT2D eigenvalue weighted by molar-refractivity contribution is 5.76. The number of ether oxygens (including phenoxy) is 2. The molecule has 1 amide bonds. The van der Waals surface area contributed by atoms with Crippen LogP contribution in [0.5, 0.6) is 0 Å². The fraction of sp³-hybridized carbons (Fsp3) is 0.894. The van der Waals surface area contributed by atoms with Crippen molar-refractivity contribution in [1.29, 1.82) is 0 Å². The number of hydrogen-bond donors (Lipinski definition) is 6. The third-order valence-electron chi connectivity index (χ3n) is 11.3. The Balaban J connectivity index is 2.35. The SMILES string of the molecule is CCCCCCCC/C=C/CCCCCCCCCC(=O)N[C@@H](CO[C@H]1O[C@@H](CO)[C@H](O)C(O)C1O)[C@H](O)/C=C/CCCCCCCCCCCCCCCC. The normalized spacial score (nSPS) is 21.3. The Kier molecular flexibility index (Phi) is 35.7. The lowest BCUT2D eigenvalue weighted by atomic mass is 9.99. The summed E-state index contributed by atoms with van der Waals surface area (Å²) in [5, 5.41) is 54.2. The molecule has 1 saturated heterocycles. The maximum absolute atomic E-state index is 13.0. The molecule has 1 rings (SSSR count). The predicted octanol–water partition coefficient (Wildman–Crippen LogP) is 9.89. The van der Waals surface area contributed by atoms with Gasteiger partial charge >= 0.3 is 0 Å². The third kappa shape index (κ3) is 28.2. The second-order valence-corrected chi connectivity index (χ2v) is 16.5. The van der Waals surface area contributed by atoms with Gasteiger partial charge in [-0.25, -0.2) is 0 Å². The first-order chi connectivity index (χ1) is 27.3. The average Bonchev–Trinajstić information content (AvgIpc) is 3.20. The van der Waals surface area contributed by atoms with E-state index in [0.717, 1.165) is 44.9 Å². The van der Waals surface area contributed by atoms with Crippen LogP contribution >= 0.6 is 0 Å². The van der Waals surface area contributed by atoms with Gasteiger partial charge in [0.25, 0.3) is 0 Å². The molecule has 1 aliphatic heterocycles. The number of carbonyl (C=O) groups excluding carboxylic acids is 1. The molecule has 0 aromatic rings. The molecule has 56 heavy (non-hydrogen) atoms. The van der Waals surface area contributed by atoms with Crippen LogP contribution in [-0.2, 0) is 14.3 Å². The van der Waals surface area contributed by atoms with E-state index in [1.807, 2.05) is 6.08 Å².